The second kappa shape index (κ2) is 14.1. The summed E-state index contributed by atoms with van der Waals surface area (Å²) in [7, 11) is 0. The Labute approximate surface area is 200 Å². The molecule has 0 saturated heterocycles. The van der Waals surface area contributed by atoms with Crippen LogP contribution in [-0.2, 0) is 30.4 Å². The zero-order chi connectivity index (χ0) is 26.5. The third-order valence-corrected chi connectivity index (χ3v) is 4.66. The summed E-state index contributed by atoms with van der Waals surface area (Å²) in [5.41, 5.74) is 16.6. The van der Waals surface area contributed by atoms with Crippen molar-refractivity contribution in [3.63, 3.8) is 0 Å². The second-order valence-electron chi connectivity index (χ2n) is 7.63. The van der Waals surface area contributed by atoms with Gasteiger partial charge < -0.3 is 48.3 Å². The molecule has 1 aromatic rings. The number of nitrogens with two attached hydrogens (primary N) is 3. The highest BCUT2D eigenvalue weighted by molar-refractivity contribution is 5.95. The molecule has 35 heavy (non-hydrogen) atoms. The van der Waals surface area contributed by atoms with Crippen LogP contribution in [0.3, 0.4) is 0 Å². The molecule has 3 amide bonds. The van der Waals surface area contributed by atoms with Crippen LogP contribution in [0.15, 0.2) is 17.5 Å². The Balaban J connectivity index is 2.71. The number of nitrogens with one attached hydrogen (secondary N) is 4. The summed E-state index contributed by atoms with van der Waals surface area (Å²) in [6.45, 7) is 1.50. The Kier molecular flexibility index (Phi) is 11.6. The van der Waals surface area contributed by atoms with Crippen LogP contribution in [0.4, 0.5) is 0 Å². The first kappa shape index (κ1) is 28.8. The van der Waals surface area contributed by atoms with Crippen molar-refractivity contribution in [2.45, 2.75) is 56.8 Å². The van der Waals surface area contributed by atoms with E-state index in [9.17, 15) is 29.1 Å². The van der Waals surface area contributed by atoms with Gasteiger partial charge in [0, 0.05) is 24.9 Å². The number of carboxylic acids is 2. The standard InChI is InChI=1S/C19H31N9O7/c1-9(15(31)28-13(18(34)35)5-10-7-23-8-25-10)26-17(33)12(6-14(29)30)27-16(32)11(20)3-2-4-24-19(21)22/h7-9,11-13H,2-6,20H2,1H3,(H,23,25)(H,26,33)(H,27,32)(H,28,31)(H,29,30)(H,34,35)(H4,21,22,24). The molecule has 194 valence electrons. The van der Waals surface area contributed by atoms with Crippen LogP contribution < -0.4 is 33.2 Å². The van der Waals surface area contributed by atoms with Crippen LogP contribution in [0.2, 0.25) is 0 Å². The van der Waals surface area contributed by atoms with Gasteiger partial charge in [-0.1, -0.05) is 0 Å². The summed E-state index contributed by atoms with van der Waals surface area (Å²) in [6, 6.07) is -5.14. The van der Waals surface area contributed by atoms with Gasteiger partial charge >= 0.3 is 11.9 Å². The van der Waals surface area contributed by atoms with Gasteiger partial charge in [-0.05, 0) is 19.8 Å². The van der Waals surface area contributed by atoms with E-state index in [1.54, 1.807) is 0 Å². The van der Waals surface area contributed by atoms with E-state index < -0.39 is 60.2 Å². The molecule has 0 aromatic carbocycles. The van der Waals surface area contributed by atoms with E-state index in [0.29, 0.717) is 12.1 Å². The Hall–Kier alpha value is -4.21. The largest absolute Gasteiger partial charge is 0.481 e. The quantitative estimate of drug-likeness (QED) is 0.0647. The number of hydrogen-bond donors (Lipinski definition) is 9. The van der Waals surface area contributed by atoms with E-state index in [-0.39, 0.29) is 25.3 Å². The average Bonchev–Trinajstić information content (AvgIpc) is 3.28. The Morgan fingerprint density at radius 1 is 1.06 bits per heavy atom. The minimum Gasteiger partial charge on any atom is -0.481 e. The molecule has 0 saturated carbocycles. The summed E-state index contributed by atoms with van der Waals surface area (Å²) in [5.74, 6) is -5.38. The molecule has 1 heterocycles. The van der Waals surface area contributed by atoms with Crippen molar-refractivity contribution in [2.75, 3.05) is 6.54 Å². The smallest absolute Gasteiger partial charge is 0.326 e. The molecule has 0 aliphatic carbocycles. The van der Waals surface area contributed by atoms with Crippen LogP contribution in [-0.4, -0.2) is 86.5 Å². The van der Waals surface area contributed by atoms with Gasteiger partial charge in [-0.25, -0.2) is 9.78 Å². The van der Waals surface area contributed by atoms with Crippen LogP contribution in [0.25, 0.3) is 0 Å². The molecule has 0 aliphatic rings. The first-order chi connectivity index (χ1) is 16.4. The van der Waals surface area contributed by atoms with Gasteiger partial charge in [-0.15, -0.1) is 0 Å². The summed E-state index contributed by atoms with van der Waals surface area (Å²) in [4.78, 5) is 70.2. The number of aliphatic imine (C=N–C) groups is 1. The number of aromatic amines is 1. The van der Waals surface area contributed by atoms with Gasteiger partial charge in [0.25, 0.3) is 0 Å². The maximum atomic E-state index is 12.6. The van der Waals surface area contributed by atoms with Crippen molar-refractivity contribution in [2.24, 2.45) is 22.2 Å². The van der Waals surface area contributed by atoms with Gasteiger partial charge in [-0.2, -0.15) is 0 Å². The fourth-order valence-corrected chi connectivity index (χ4v) is 2.81. The van der Waals surface area contributed by atoms with Gasteiger partial charge in [-0.3, -0.25) is 24.2 Å². The van der Waals surface area contributed by atoms with E-state index in [2.05, 4.69) is 30.9 Å². The van der Waals surface area contributed by atoms with Crippen molar-refractivity contribution in [1.82, 2.24) is 25.9 Å². The molecule has 16 nitrogen and oxygen atoms in total. The fourth-order valence-electron chi connectivity index (χ4n) is 2.81. The molecular weight excluding hydrogens is 466 g/mol. The number of aromatic nitrogens is 2. The second-order valence-corrected chi connectivity index (χ2v) is 7.63. The lowest BCUT2D eigenvalue weighted by molar-refractivity contribution is -0.143. The third-order valence-electron chi connectivity index (χ3n) is 4.66. The molecule has 0 bridgehead atoms. The lowest BCUT2D eigenvalue weighted by atomic mass is 10.1. The van der Waals surface area contributed by atoms with Crippen LogP contribution in [0.1, 0.15) is 31.9 Å². The predicted octanol–water partition coefficient (Wildman–Crippen LogP) is -3.63. The molecule has 4 atom stereocenters. The number of carbonyl (C=O) groups excluding carboxylic acids is 3. The van der Waals surface area contributed by atoms with Crippen molar-refractivity contribution < 1.29 is 34.2 Å². The van der Waals surface area contributed by atoms with Crippen molar-refractivity contribution in [1.29, 1.82) is 0 Å². The highest BCUT2D eigenvalue weighted by Gasteiger charge is 2.29. The van der Waals surface area contributed by atoms with E-state index in [0.717, 1.165) is 0 Å². The number of aliphatic carboxylic acids is 2. The number of imidazole rings is 1. The van der Waals surface area contributed by atoms with Crippen molar-refractivity contribution in [3.8, 4) is 0 Å². The van der Waals surface area contributed by atoms with Crippen LogP contribution in [0, 0.1) is 0 Å². The number of nitrogens with zero attached hydrogens (tertiary/aromatic N) is 2. The van der Waals surface area contributed by atoms with E-state index in [1.807, 2.05) is 0 Å². The zero-order valence-corrected chi connectivity index (χ0v) is 19.1. The van der Waals surface area contributed by atoms with Crippen molar-refractivity contribution >= 4 is 35.6 Å². The molecule has 1 aromatic heterocycles. The Morgan fingerprint density at radius 3 is 2.26 bits per heavy atom. The van der Waals surface area contributed by atoms with Gasteiger partial charge in [0.2, 0.25) is 17.7 Å². The average molecular weight is 498 g/mol. The Bertz CT molecular complexity index is 916. The lowest BCUT2D eigenvalue weighted by Gasteiger charge is -2.22. The molecule has 4 unspecified atom stereocenters. The number of carbonyl (C=O) groups is 5. The number of rotatable bonds is 15. The monoisotopic (exact) mass is 497 g/mol. The van der Waals surface area contributed by atoms with E-state index >= 15 is 0 Å². The van der Waals surface area contributed by atoms with E-state index in [4.69, 9.17) is 22.3 Å². The van der Waals surface area contributed by atoms with Crippen LogP contribution >= 0.6 is 0 Å². The summed E-state index contributed by atoms with van der Waals surface area (Å²) in [5, 5.41) is 25.3. The molecule has 0 spiro atoms. The summed E-state index contributed by atoms with van der Waals surface area (Å²) >= 11 is 0. The first-order valence-electron chi connectivity index (χ1n) is 10.5. The number of guanidine groups is 1. The van der Waals surface area contributed by atoms with Crippen LogP contribution in [0.5, 0.6) is 0 Å². The maximum absolute atomic E-state index is 12.6. The molecule has 0 radical (unpaired) electrons. The molecule has 12 N–H and O–H groups in total. The van der Waals surface area contributed by atoms with Gasteiger partial charge in [0.15, 0.2) is 5.96 Å². The fraction of sp³-hybridized carbons (Fsp3) is 0.526. The predicted molar refractivity (Wildman–Crippen MR) is 122 cm³/mol. The molecule has 16 heteroatoms. The minimum atomic E-state index is -1.53. The number of H-pyrrole nitrogens is 1. The molecular formula is C19H31N9O7. The molecule has 0 aliphatic heterocycles. The number of carboxylic acid groups (broad SMARTS) is 2. The third kappa shape index (κ3) is 11.0. The molecule has 1 rings (SSSR count). The van der Waals surface area contributed by atoms with Crippen molar-refractivity contribution in [3.05, 3.63) is 18.2 Å². The highest BCUT2D eigenvalue weighted by atomic mass is 16.4. The Morgan fingerprint density at radius 2 is 1.71 bits per heavy atom. The highest BCUT2D eigenvalue weighted by Crippen LogP contribution is 2.02. The van der Waals surface area contributed by atoms with Gasteiger partial charge in [0.05, 0.1) is 18.8 Å². The number of amides is 3. The minimum absolute atomic E-state index is 0.0828. The zero-order valence-electron chi connectivity index (χ0n) is 19.1. The summed E-state index contributed by atoms with van der Waals surface area (Å²) < 4.78 is 0. The number of hydrogen-bond acceptors (Lipinski definition) is 8. The van der Waals surface area contributed by atoms with E-state index in [1.165, 1.54) is 19.4 Å². The maximum Gasteiger partial charge on any atom is 0.326 e. The normalized spacial score (nSPS) is 14.0. The summed E-state index contributed by atoms with van der Waals surface area (Å²) in [6.07, 6.45) is 2.42. The topological polar surface area (TPSA) is 281 Å². The SMILES string of the molecule is CC(NC(=O)C(CC(=O)O)NC(=O)C(N)CCCN=C(N)N)C(=O)NC(Cc1cnc[nH]1)C(=O)O. The molecule has 0 fully saturated rings. The lowest BCUT2D eigenvalue weighted by Crippen LogP contribution is -2.56. The first-order valence-corrected chi connectivity index (χ1v) is 10.5. The van der Waals surface area contributed by atoms with Gasteiger partial charge in [0.1, 0.15) is 18.1 Å².